The summed E-state index contributed by atoms with van der Waals surface area (Å²) in [5.74, 6) is -1.14. The van der Waals surface area contributed by atoms with E-state index in [2.05, 4.69) is 45.0 Å². The lowest BCUT2D eigenvalue weighted by atomic mass is 9.74. The van der Waals surface area contributed by atoms with Crippen molar-refractivity contribution in [2.24, 2.45) is 11.3 Å². The third-order valence-electron chi connectivity index (χ3n) is 9.20. The van der Waals surface area contributed by atoms with Crippen molar-refractivity contribution < 1.29 is 27.4 Å². The molecular formula is C38H43BrFN3O5S3. The zero-order valence-corrected chi connectivity index (χ0v) is 33.4. The Kier molecular flexibility index (Phi) is 12.5. The second-order valence-corrected chi connectivity index (χ2v) is 18.9. The van der Waals surface area contributed by atoms with E-state index in [1.807, 2.05) is 56.5 Å². The van der Waals surface area contributed by atoms with Crippen LogP contribution in [0.2, 0.25) is 0 Å². The van der Waals surface area contributed by atoms with E-state index in [0.717, 1.165) is 44.0 Å². The summed E-state index contributed by atoms with van der Waals surface area (Å²) in [4.78, 5) is 26.3. The molecular weight excluding hydrogens is 774 g/mol. The molecule has 13 heteroatoms. The molecule has 2 aromatic carbocycles. The number of fused-ring (bicyclic) bond motifs is 1. The van der Waals surface area contributed by atoms with Gasteiger partial charge in [-0.2, -0.15) is 0 Å². The summed E-state index contributed by atoms with van der Waals surface area (Å²) in [6.45, 7) is 7.52. The van der Waals surface area contributed by atoms with Gasteiger partial charge < -0.3 is 14.8 Å². The molecule has 51 heavy (non-hydrogen) atoms. The SMILES string of the molecule is COC(=O)[C@@H](C)Cc1cccc([C@@](C)(CCCC(C)(C)CS(=O)(=O)CCO)c2csc(-c3cc(Sc4c(F)cc5[nH]ccc5c4Br)ccn3)n2)c1. The molecule has 0 bridgehead atoms. The van der Waals surface area contributed by atoms with Crippen molar-refractivity contribution in [1.82, 2.24) is 15.0 Å². The molecule has 0 unspecified atom stereocenters. The monoisotopic (exact) mass is 815 g/mol. The first-order chi connectivity index (χ1) is 24.1. The lowest BCUT2D eigenvalue weighted by Crippen LogP contribution is -2.29. The Morgan fingerprint density at radius 1 is 1.16 bits per heavy atom. The minimum atomic E-state index is -3.38. The van der Waals surface area contributed by atoms with Crippen molar-refractivity contribution in [3.63, 3.8) is 0 Å². The maximum atomic E-state index is 15.2. The molecule has 3 aromatic heterocycles. The number of halogens is 2. The van der Waals surface area contributed by atoms with Crippen LogP contribution in [0.25, 0.3) is 21.6 Å². The van der Waals surface area contributed by atoms with Crippen molar-refractivity contribution >= 4 is 65.7 Å². The normalized spacial score (nSPS) is 14.0. The number of hydrogen-bond donors (Lipinski definition) is 2. The smallest absolute Gasteiger partial charge is 0.308 e. The number of nitrogens with one attached hydrogen (secondary N) is 1. The molecule has 0 aliphatic heterocycles. The molecule has 0 spiro atoms. The van der Waals surface area contributed by atoms with Gasteiger partial charge in [-0.15, -0.1) is 11.3 Å². The van der Waals surface area contributed by atoms with Gasteiger partial charge in [0.1, 0.15) is 10.8 Å². The van der Waals surface area contributed by atoms with E-state index < -0.39 is 20.7 Å². The number of pyridine rings is 1. The number of thiazole rings is 1. The van der Waals surface area contributed by atoms with Crippen LogP contribution < -0.4 is 0 Å². The van der Waals surface area contributed by atoms with Crippen molar-refractivity contribution in [3.8, 4) is 10.7 Å². The summed E-state index contributed by atoms with van der Waals surface area (Å²) < 4.78 is 45.9. The lowest BCUT2D eigenvalue weighted by molar-refractivity contribution is -0.144. The fraction of sp³-hybridized carbons (Fsp3) is 0.395. The minimum Gasteiger partial charge on any atom is -0.469 e. The molecule has 5 aromatic rings. The predicted molar refractivity (Wildman–Crippen MR) is 207 cm³/mol. The third kappa shape index (κ3) is 9.47. The average molecular weight is 817 g/mol. The van der Waals surface area contributed by atoms with Crippen molar-refractivity contribution in [2.75, 3.05) is 25.2 Å². The van der Waals surface area contributed by atoms with Gasteiger partial charge in [0.25, 0.3) is 0 Å². The highest BCUT2D eigenvalue weighted by atomic mass is 79.9. The fourth-order valence-corrected chi connectivity index (χ4v) is 10.8. The van der Waals surface area contributed by atoms with Gasteiger partial charge >= 0.3 is 5.97 Å². The second-order valence-electron chi connectivity index (χ2n) is 14.0. The lowest BCUT2D eigenvalue weighted by Gasteiger charge is -2.31. The zero-order valence-electron chi connectivity index (χ0n) is 29.3. The first-order valence-electron chi connectivity index (χ1n) is 16.7. The molecule has 0 fully saturated rings. The summed E-state index contributed by atoms with van der Waals surface area (Å²) in [7, 11) is -1.99. The van der Waals surface area contributed by atoms with E-state index in [0.29, 0.717) is 34.3 Å². The van der Waals surface area contributed by atoms with Gasteiger partial charge in [-0.3, -0.25) is 9.78 Å². The maximum absolute atomic E-state index is 15.2. The second kappa shape index (κ2) is 16.3. The van der Waals surface area contributed by atoms with Gasteiger partial charge in [-0.05, 0) is 82.9 Å². The summed E-state index contributed by atoms with van der Waals surface area (Å²) in [5, 5.41) is 12.9. The highest BCUT2D eigenvalue weighted by Gasteiger charge is 2.34. The molecule has 8 nitrogen and oxygen atoms in total. The predicted octanol–water partition coefficient (Wildman–Crippen LogP) is 9.00. The molecule has 0 aliphatic carbocycles. The number of carbonyl (C=O) groups excluding carboxylic acids is 1. The average Bonchev–Trinajstić information content (AvgIpc) is 3.77. The molecule has 2 N–H and O–H groups in total. The molecule has 272 valence electrons. The number of ether oxygens (including phenoxy) is 1. The maximum Gasteiger partial charge on any atom is 0.308 e. The number of rotatable bonds is 16. The van der Waals surface area contributed by atoms with Crippen molar-refractivity contribution in [2.45, 2.75) is 68.6 Å². The van der Waals surface area contributed by atoms with Crippen LogP contribution in [0.3, 0.4) is 0 Å². The molecule has 0 amide bonds. The number of aromatic nitrogens is 3. The molecule has 0 aliphatic rings. The largest absolute Gasteiger partial charge is 0.469 e. The Hall–Kier alpha value is -3.10. The van der Waals surface area contributed by atoms with Crippen LogP contribution in [0, 0.1) is 17.2 Å². The van der Waals surface area contributed by atoms with E-state index in [9.17, 15) is 18.3 Å². The van der Waals surface area contributed by atoms with E-state index in [1.165, 1.54) is 36.3 Å². The standard InChI is InChI=1S/C38H43BrFN3O5S3/c1-24(36(45)48-5)18-25-8-6-9-26(19-25)38(4,13-7-12-37(2,3)23-51(46,47)17-16-44)32-22-49-35(43-32)31-20-27(10-14-42-31)50-34-29(40)21-30-28(33(34)39)11-15-41-30/h6,8-11,14-15,19-22,24,41,44H,7,12-13,16-18,23H2,1-5H3/t24-,38+/m0/s1. The quantitative estimate of drug-likeness (QED) is 0.0947. The number of methoxy groups -OCH3 is 1. The van der Waals surface area contributed by atoms with Gasteiger partial charge in [0.05, 0.1) is 47.4 Å². The summed E-state index contributed by atoms with van der Waals surface area (Å²) in [6.07, 6.45) is 6.09. The number of nitrogens with zero attached hydrogens (tertiary/aromatic N) is 2. The van der Waals surface area contributed by atoms with Crippen LogP contribution in [0.15, 0.2) is 80.6 Å². The number of aliphatic hydroxyl groups excluding tert-OH is 1. The van der Waals surface area contributed by atoms with E-state index in [1.54, 1.807) is 12.4 Å². The number of hydrogen-bond acceptors (Lipinski definition) is 9. The van der Waals surface area contributed by atoms with Gasteiger partial charge in [0.15, 0.2) is 9.84 Å². The molecule has 0 radical (unpaired) electrons. The van der Waals surface area contributed by atoms with Crippen LogP contribution in [0.4, 0.5) is 4.39 Å². The third-order valence-corrected chi connectivity index (χ3v) is 14.3. The Morgan fingerprint density at radius 2 is 1.94 bits per heavy atom. The van der Waals surface area contributed by atoms with Crippen molar-refractivity contribution in [1.29, 1.82) is 0 Å². The summed E-state index contributed by atoms with van der Waals surface area (Å²) in [6, 6.07) is 15.4. The topological polar surface area (TPSA) is 122 Å². The van der Waals surface area contributed by atoms with Gasteiger partial charge in [-0.1, -0.05) is 63.2 Å². The van der Waals surface area contributed by atoms with E-state index in [-0.39, 0.29) is 35.8 Å². The molecule has 3 heterocycles. The van der Waals surface area contributed by atoms with Crippen LogP contribution in [0.1, 0.15) is 63.8 Å². The highest BCUT2D eigenvalue weighted by molar-refractivity contribution is 9.10. The Balaban J connectivity index is 1.45. The zero-order chi connectivity index (χ0) is 37.0. The number of aromatic amines is 1. The fourth-order valence-electron chi connectivity index (χ4n) is 6.46. The van der Waals surface area contributed by atoms with Crippen LogP contribution in [0.5, 0.6) is 0 Å². The van der Waals surface area contributed by atoms with Gasteiger partial charge in [-0.25, -0.2) is 17.8 Å². The molecule has 2 atom stereocenters. The number of benzene rings is 2. The van der Waals surface area contributed by atoms with Crippen LogP contribution in [-0.4, -0.2) is 59.7 Å². The summed E-state index contributed by atoms with van der Waals surface area (Å²) >= 11 is 6.40. The van der Waals surface area contributed by atoms with Gasteiger partial charge in [0.2, 0.25) is 0 Å². The Labute approximate surface area is 315 Å². The molecule has 0 saturated carbocycles. The van der Waals surface area contributed by atoms with Crippen LogP contribution >= 0.6 is 39.0 Å². The number of aliphatic hydroxyl groups is 1. The number of sulfone groups is 1. The number of esters is 1. The van der Waals surface area contributed by atoms with Crippen molar-refractivity contribution in [3.05, 3.63) is 93.4 Å². The Bertz CT molecular complexity index is 2120. The minimum absolute atomic E-state index is 0.00142. The first kappa shape index (κ1) is 39.1. The highest BCUT2D eigenvalue weighted by Crippen LogP contribution is 2.43. The number of H-pyrrole nitrogens is 1. The Morgan fingerprint density at radius 3 is 2.69 bits per heavy atom. The molecule has 0 saturated heterocycles. The summed E-state index contributed by atoms with van der Waals surface area (Å²) in [5.41, 5.74) is 3.26. The van der Waals surface area contributed by atoms with E-state index in [4.69, 9.17) is 9.72 Å². The van der Waals surface area contributed by atoms with Crippen LogP contribution in [-0.2, 0) is 31.2 Å². The first-order valence-corrected chi connectivity index (χ1v) is 21.0. The van der Waals surface area contributed by atoms with Gasteiger partial charge in [0, 0.05) is 43.5 Å². The molecule has 5 rings (SSSR count). The number of carbonyl (C=O) groups is 1. The van der Waals surface area contributed by atoms with E-state index >= 15 is 4.39 Å².